The molecule has 1 heterocycles. The lowest BCUT2D eigenvalue weighted by Crippen LogP contribution is -2.40. The van der Waals surface area contributed by atoms with Crippen molar-refractivity contribution >= 4 is 12.1 Å². The van der Waals surface area contributed by atoms with Crippen molar-refractivity contribution in [3.05, 3.63) is 12.2 Å². The van der Waals surface area contributed by atoms with Crippen molar-refractivity contribution in [3.63, 3.8) is 0 Å². The molecule has 0 bridgehead atoms. The fourth-order valence-corrected chi connectivity index (χ4v) is 1.82. The van der Waals surface area contributed by atoms with Gasteiger partial charge in [-0.2, -0.15) is 0 Å². The number of carbonyl (C=O) groups is 2. The average Bonchev–Trinajstić information content (AvgIpc) is 2.37. The van der Waals surface area contributed by atoms with Crippen LogP contribution in [0.1, 0.15) is 33.6 Å². The average molecular weight is 255 g/mol. The van der Waals surface area contributed by atoms with Crippen molar-refractivity contribution in [2.45, 2.75) is 39.2 Å². The van der Waals surface area contributed by atoms with Gasteiger partial charge in [-0.25, -0.2) is 4.79 Å². The molecule has 1 amide bonds. The van der Waals surface area contributed by atoms with Gasteiger partial charge in [0.05, 0.1) is 5.92 Å². The van der Waals surface area contributed by atoms with Gasteiger partial charge in [0, 0.05) is 13.1 Å². The molecule has 0 aliphatic carbocycles. The Morgan fingerprint density at radius 2 is 2.06 bits per heavy atom. The molecule has 0 aromatic rings. The Bertz CT molecular complexity index is 356. The first-order valence-electron chi connectivity index (χ1n) is 6.06. The normalized spacial score (nSPS) is 21.4. The number of likely N-dealkylation sites (tertiary alicyclic amines) is 1. The maximum absolute atomic E-state index is 11.9. The van der Waals surface area contributed by atoms with Crippen molar-refractivity contribution in [1.29, 1.82) is 0 Å². The minimum absolute atomic E-state index is 0.184. The van der Waals surface area contributed by atoms with Gasteiger partial charge in [0.15, 0.2) is 0 Å². The Kier molecular flexibility index (Phi) is 4.38. The second-order valence-electron chi connectivity index (χ2n) is 5.68. The molecule has 0 aromatic carbocycles. The lowest BCUT2D eigenvalue weighted by atomic mass is 10.0. The smallest absolute Gasteiger partial charge is 0.410 e. The number of rotatable bonds is 1. The van der Waals surface area contributed by atoms with E-state index in [-0.39, 0.29) is 6.54 Å². The molecule has 5 nitrogen and oxygen atoms in total. The van der Waals surface area contributed by atoms with Crippen LogP contribution >= 0.6 is 0 Å². The molecule has 0 spiro atoms. The number of carboxylic acid groups (broad SMARTS) is 1. The zero-order valence-corrected chi connectivity index (χ0v) is 11.2. The molecule has 1 aliphatic rings. The maximum Gasteiger partial charge on any atom is 0.410 e. The first-order chi connectivity index (χ1) is 8.19. The van der Waals surface area contributed by atoms with Crippen LogP contribution in [0.25, 0.3) is 0 Å². The third-order valence-electron chi connectivity index (χ3n) is 2.70. The number of hydrogen-bond acceptors (Lipinski definition) is 3. The van der Waals surface area contributed by atoms with E-state index in [1.54, 1.807) is 20.8 Å². The third-order valence-corrected chi connectivity index (χ3v) is 2.70. The van der Waals surface area contributed by atoms with Gasteiger partial charge in [0.25, 0.3) is 0 Å². The van der Waals surface area contributed by atoms with Gasteiger partial charge < -0.3 is 14.7 Å². The van der Waals surface area contributed by atoms with E-state index < -0.39 is 23.6 Å². The van der Waals surface area contributed by atoms with E-state index in [0.717, 1.165) is 5.57 Å². The van der Waals surface area contributed by atoms with Crippen molar-refractivity contribution in [3.8, 4) is 0 Å². The molecule has 1 aliphatic heterocycles. The van der Waals surface area contributed by atoms with E-state index in [1.807, 2.05) is 0 Å². The predicted octanol–water partition coefficient (Wildman–Crippen LogP) is 2.27. The van der Waals surface area contributed by atoms with E-state index in [9.17, 15) is 9.59 Å². The molecule has 18 heavy (non-hydrogen) atoms. The number of nitrogens with zero attached hydrogens (tertiary/aromatic N) is 1. The molecular formula is C13H21NO4. The quantitative estimate of drug-likeness (QED) is 0.730. The molecule has 1 unspecified atom stereocenters. The fraction of sp³-hybridized carbons (Fsp3) is 0.692. The standard InChI is InChI=1S/C13H21NO4/c1-9-5-6-10(11(15)16)8-14(7-9)12(17)18-13(2,3)4/h10H,1,5-8H2,2-4H3,(H,15,16). The minimum Gasteiger partial charge on any atom is -0.481 e. The lowest BCUT2D eigenvalue weighted by molar-refractivity contribution is -0.142. The van der Waals surface area contributed by atoms with Crippen LogP contribution in [0.4, 0.5) is 4.79 Å². The van der Waals surface area contributed by atoms with Crippen LogP contribution in [0, 0.1) is 5.92 Å². The summed E-state index contributed by atoms with van der Waals surface area (Å²) in [6, 6.07) is 0. The van der Waals surface area contributed by atoms with E-state index >= 15 is 0 Å². The SMILES string of the molecule is C=C1CCC(C(=O)O)CN(C(=O)OC(C)(C)C)C1. The number of amides is 1. The predicted molar refractivity (Wildman–Crippen MR) is 67.3 cm³/mol. The highest BCUT2D eigenvalue weighted by atomic mass is 16.6. The third kappa shape index (κ3) is 4.39. The molecule has 1 fully saturated rings. The first kappa shape index (κ1) is 14.5. The molecule has 1 rings (SSSR count). The monoisotopic (exact) mass is 255 g/mol. The molecule has 102 valence electrons. The van der Waals surface area contributed by atoms with Gasteiger partial charge in [-0.15, -0.1) is 0 Å². The van der Waals surface area contributed by atoms with Crippen LogP contribution < -0.4 is 0 Å². The van der Waals surface area contributed by atoms with Crippen LogP contribution in [-0.2, 0) is 9.53 Å². The Balaban J connectivity index is 2.75. The molecule has 0 aromatic heterocycles. The summed E-state index contributed by atoms with van der Waals surface area (Å²) in [5.74, 6) is -1.42. The van der Waals surface area contributed by atoms with Crippen molar-refractivity contribution < 1.29 is 19.4 Å². The Morgan fingerprint density at radius 3 is 2.56 bits per heavy atom. The fourth-order valence-electron chi connectivity index (χ4n) is 1.82. The minimum atomic E-state index is -0.877. The summed E-state index contributed by atoms with van der Waals surface area (Å²) in [5.41, 5.74) is 0.285. The van der Waals surface area contributed by atoms with Gasteiger partial charge in [0.1, 0.15) is 5.60 Å². The summed E-state index contributed by atoms with van der Waals surface area (Å²) in [6.07, 6.45) is 0.681. The highest BCUT2D eigenvalue weighted by Crippen LogP contribution is 2.21. The van der Waals surface area contributed by atoms with Gasteiger partial charge in [0.2, 0.25) is 0 Å². The molecule has 0 radical (unpaired) electrons. The van der Waals surface area contributed by atoms with Crippen LogP contribution in [-0.4, -0.2) is 40.8 Å². The molecule has 1 N–H and O–H groups in total. The highest BCUT2D eigenvalue weighted by Gasteiger charge is 2.30. The number of aliphatic carboxylic acids is 1. The lowest BCUT2D eigenvalue weighted by Gasteiger charge is -2.27. The Labute approximate surface area is 107 Å². The van der Waals surface area contributed by atoms with Crippen molar-refractivity contribution in [2.75, 3.05) is 13.1 Å². The van der Waals surface area contributed by atoms with Crippen LogP contribution in [0.5, 0.6) is 0 Å². The second-order valence-corrected chi connectivity index (χ2v) is 5.68. The number of hydrogen-bond donors (Lipinski definition) is 1. The zero-order valence-electron chi connectivity index (χ0n) is 11.2. The van der Waals surface area contributed by atoms with Crippen LogP contribution in [0.2, 0.25) is 0 Å². The summed E-state index contributed by atoms with van der Waals surface area (Å²) in [7, 11) is 0. The Hall–Kier alpha value is -1.52. The second kappa shape index (κ2) is 5.42. The van der Waals surface area contributed by atoms with Crippen molar-refractivity contribution in [2.24, 2.45) is 5.92 Å². The molecule has 1 saturated heterocycles. The molecule has 5 heteroatoms. The van der Waals surface area contributed by atoms with E-state index in [0.29, 0.717) is 19.4 Å². The maximum atomic E-state index is 11.9. The van der Waals surface area contributed by atoms with Crippen LogP contribution in [0.15, 0.2) is 12.2 Å². The van der Waals surface area contributed by atoms with E-state index in [4.69, 9.17) is 9.84 Å². The van der Waals surface area contributed by atoms with Gasteiger partial charge >= 0.3 is 12.1 Å². The molecular weight excluding hydrogens is 234 g/mol. The van der Waals surface area contributed by atoms with Gasteiger partial charge in [-0.3, -0.25) is 4.79 Å². The van der Waals surface area contributed by atoms with Crippen molar-refractivity contribution in [1.82, 2.24) is 4.90 Å². The first-order valence-corrected chi connectivity index (χ1v) is 6.06. The summed E-state index contributed by atoms with van der Waals surface area (Å²) >= 11 is 0. The molecule has 1 atom stereocenters. The summed E-state index contributed by atoms with van der Waals surface area (Å²) in [4.78, 5) is 24.4. The summed E-state index contributed by atoms with van der Waals surface area (Å²) in [6.45, 7) is 9.76. The van der Waals surface area contributed by atoms with Gasteiger partial charge in [-0.1, -0.05) is 12.2 Å². The van der Waals surface area contributed by atoms with E-state index in [1.165, 1.54) is 4.90 Å². The number of carboxylic acids is 1. The Morgan fingerprint density at radius 1 is 1.44 bits per heavy atom. The zero-order chi connectivity index (χ0) is 13.9. The number of ether oxygens (including phenoxy) is 1. The summed E-state index contributed by atoms with van der Waals surface area (Å²) < 4.78 is 5.26. The summed E-state index contributed by atoms with van der Waals surface area (Å²) in [5, 5.41) is 9.07. The van der Waals surface area contributed by atoms with E-state index in [2.05, 4.69) is 6.58 Å². The largest absolute Gasteiger partial charge is 0.481 e. The van der Waals surface area contributed by atoms with Crippen LogP contribution in [0.3, 0.4) is 0 Å². The van der Waals surface area contributed by atoms with Gasteiger partial charge in [-0.05, 0) is 33.6 Å². The topological polar surface area (TPSA) is 66.8 Å². The highest BCUT2D eigenvalue weighted by molar-refractivity contribution is 5.73. The number of carbonyl (C=O) groups excluding carboxylic acids is 1. The molecule has 0 saturated carbocycles.